The summed E-state index contributed by atoms with van der Waals surface area (Å²) in [6, 6.07) is 19.3. The van der Waals surface area contributed by atoms with Crippen molar-refractivity contribution in [3.05, 3.63) is 84.4 Å². The molecule has 4 heteroatoms. The average molecular weight is 380 g/mol. The molecule has 0 aliphatic heterocycles. The first kappa shape index (κ1) is 21.6. The number of aliphatic imine (C=N–C) groups is 1. The van der Waals surface area contributed by atoms with E-state index in [0.717, 1.165) is 16.8 Å². The Bertz CT molecular complexity index is 714. The lowest BCUT2D eigenvalue weighted by atomic mass is 9.97. The molecular weight excluding hydrogens is 350 g/mol. The Labute approximate surface area is 167 Å². The molecule has 2 unspecified atom stereocenters. The van der Waals surface area contributed by atoms with E-state index in [2.05, 4.69) is 6.58 Å². The van der Waals surface area contributed by atoms with Crippen molar-refractivity contribution >= 4 is 11.7 Å². The lowest BCUT2D eigenvalue weighted by Gasteiger charge is -2.21. The number of carbonyl (C=O) groups excluding carboxylic acids is 1. The summed E-state index contributed by atoms with van der Waals surface area (Å²) in [6.45, 7) is 8.85. The number of hydrogen-bond acceptors (Lipinski definition) is 4. The van der Waals surface area contributed by atoms with Gasteiger partial charge in [0.2, 0.25) is 0 Å². The molecule has 0 saturated heterocycles. The molecule has 0 N–H and O–H groups in total. The summed E-state index contributed by atoms with van der Waals surface area (Å²) < 4.78 is 10.8. The third-order valence-corrected chi connectivity index (χ3v) is 4.38. The van der Waals surface area contributed by atoms with E-state index >= 15 is 0 Å². The first-order chi connectivity index (χ1) is 13.7. The van der Waals surface area contributed by atoms with Crippen molar-refractivity contribution < 1.29 is 14.3 Å². The van der Waals surface area contributed by atoms with Crippen molar-refractivity contribution in [3.8, 4) is 0 Å². The lowest BCUT2D eigenvalue weighted by Crippen LogP contribution is -2.31. The summed E-state index contributed by atoms with van der Waals surface area (Å²) in [5.74, 6) is -0.325. The maximum Gasteiger partial charge on any atom is 0.331 e. The Morgan fingerprint density at radius 3 is 2.14 bits per heavy atom. The van der Waals surface area contributed by atoms with Gasteiger partial charge >= 0.3 is 5.97 Å². The van der Waals surface area contributed by atoms with E-state index in [1.807, 2.05) is 74.5 Å². The third-order valence-electron chi connectivity index (χ3n) is 4.38. The van der Waals surface area contributed by atoms with Crippen LogP contribution in [0.5, 0.6) is 0 Å². The van der Waals surface area contributed by atoms with Gasteiger partial charge in [-0.2, -0.15) is 0 Å². The summed E-state index contributed by atoms with van der Waals surface area (Å²) in [7, 11) is 0. The van der Waals surface area contributed by atoms with Gasteiger partial charge in [-0.05, 0) is 19.3 Å². The molecule has 0 aliphatic rings. The molecule has 0 aliphatic carbocycles. The van der Waals surface area contributed by atoms with Gasteiger partial charge in [-0.1, -0.05) is 73.7 Å². The van der Waals surface area contributed by atoms with Crippen LogP contribution in [-0.2, 0) is 14.3 Å². The van der Waals surface area contributed by atoms with Crippen molar-refractivity contribution in [2.45, 2.75) is 26.3 Å². The van der Waals surface area contributed by atoms with E-state index in [1.165, 1.54) is 0 Å². The summed E-state index contributed by atoms with van der Waals surface area (Å²) >= 11 is 0. The van der Waals surface area contributed by atoms with Crippen LogP contribution >= 0.6 is 0 Å². The van der Waals surface area contributed by atoms with Crippen LogP contribution in [0.1, 0.15) is 31.4 Å². The van der Waals surface area contributed by atoms with Crippen LogP contribution in [0.15, 0.2) is 78.3 Å². The SMILES string of the molecule is C=CCOCCC(C)C(N=C(c1ccccc1)c1ccccc1)C(=O)OCC. The molecular formula is C24H29NO3. The second kappa shape index (κ2) is 11.9. The Hall–Kier alpha value is -2.72. The summed E-state index contributed by atoms with van der Waals surface area (Å²) in [4.78, 5) is 17.6. The van der Waals surface area contributed by atoms with Gasteiger partial charge < -0.3 is 9.47 Å². The Balaban J connectivity index is 2.37. The van der Waals surface area contributed by atoms with Crippen molar-refractivity contribution in [3.63, 3.8) is 0 Å². The fourth-order valence-electron chi connectivity index (χ4n) is 2.88. The van der Waals surface area contributed by atoms with Crippen LogP contribution in [-0.4, -0.2) is 37.5 Å². The predicted octanol–water partition coefficient (Wildman–Crippen LogP) is 4.68. The molecule has 148 valence electrons. The molecule has 0 bridgehead atoms. The smallest absolute Gasteiger partial charge is 0.331 e. The van der Waals surface area contributed by atoms with Crippen LogP contribution in [0, 0.1) is 5.92 Å². The standard InChI is InChI=1S/C24H29NO3/c1-4-17-27-18-16-19(3)22(24(26)28-5-2)25-23(20-12-8-6-9-13-20)21-14-10-7-11-15-21/h4,6-15,19,22H,1,5,16-18H2,2-3H3. The fraction of sp³-hybridized carbons (Fsp3) is 0.333. The third kappa shape index (κ3) is 6.46. The molecule has 0 fully saturated rings. The molecule has 4 nitrogen and oxygen atoms in total. The minimum atomic E-state index is -0.595. The molecule has 0 heterocycles. The summed E-state index contributed by atoms with van der Waals surface area (Å²) in [5.41, 5.74) is 2.73. The molecule has 2 atom stereocenters. The van der Waals surface area contributed by atoms with Gasteiger partial charge in [0.1, 0.15) is 0 Å². The largest absolute Gasteiger partial charge is 0.464 e. The quantitative estimate of drug-likeness (QED) is 0.246. The first-order valence-electron chi connectivity index (χ1n) is 9.71. The van der Waals surface area contributed by atoms with Crippen molar-refractivity contribution in [1.29, 1.82) is 0 Å². The molecule has 2 rings (SSSR count). The molecule has 0 saturated carbocycles. The molecule has 2 aromatic carbocycles. The van der Waals surface area contributed by atoms with Crippen molar-refractivity contribution in [1.82, 2.24) is 0 Å². The highest BCUT2D eigenvalue weighted by atomic mass is 16.5. The molecule has 2 aromatic rings. The van der Waals surface area contributed by atoms with Crippen LogP contribution in [0.4, 0.5) is 0 Å². The number of nitrogens with zero attached hydrogens (tertiary/aromatic N) is 1. The predicted molar refractivity (Wildman–Crippen MR) is 114 cm³/mol. The molecule has 0 aromatic heterocycles. The van der Waals surface area contributed by atoms with E-state index in [1.54, 1.807) is 6.08 Å². The topological polar surface area (TPSA) is 47.9 Å². The summed E-state index contributed by atoms with van der Waals surface area (Å²) in [6.07, 6.45) is 2.42. The van der Waals surface area contributed by atoms with Crippen LogP contribution in [0.2, 0.25) is 0 Å². The maximum atomic E-state index is 12.7. The second-order valence-electron chi connectivity index (χ2n) is 6.54. The molecule has 0 amide bonds. The van der Waals surface area contributed by atoms with Gasteiger partial charge in [0.15, 0.2) is 6.04 Å². The number of rotatable bonds is 11. The highest BCUT2D eigenvalue weighted by Crippen LogP contribution is 2.19. The fourth-order valence-corrected chi connectivity index (χ4v) is 2.88. The average Bonchev–Trinajstić information content (AvgIpc) is 2.73. The highest BCUT2D eigenvalue weighted by molar-refractivity contribution is 6.13. The summed E-state index contributed by atoms with van der Waals surface area (Å²) in [5, 5.41) is 0. The minimum absolute atomic E-state index is 0.0220. The van der Waals surface area contributed by atoms with Crippen LogP contribution in [0.25, 0.3) is 0 Å². The molecule has 0 radical (unpaired) electrons. The van der Waals surface area contributed by atoms with E-state index in [9.17, 15) is 4.79 Å². The zero-order valence-electron chi connectivity index (χ0n) is 16.7. The van der Waals surface area contributed by atoms with Gasteiger partial charge in [-0.25, -0.2) is 4.79 Å². The number of ether oxygens (including phenoxy) is 2. The normalized spacial score (nSPS) is 12.6. The van der Waals surface area contributed by atoms with Crippen LogP contribution < -0.4 is 0 Å². The lowest BCUT2D eigenvalue weighted by molar-refractivity contribution is -0.145. The minimum Gasteiger partial charge on any atom is -0.464 e. The van der Waals surface area contributed by atoms with Gasteiger partial charge in [0, 0.05) is 17.7 Å². The Morgan fingerprint density at radius 1 is 1.07 bits per heavy atom. The number of benzene rings is 2. The van der Waals surface area contributed by atoms with E-state index in [0.29, 0.717) is 26.2 Å². The van der Waals surface area contributed by atoms with E-state index in [4.69, 9.17) is 14.5 Å². The zero-order chi connectivity index (χ0) is 20.2. The number of esters is 1. The highest BCUT2D eigenvalue weighted by Gasteiger charge is 2.27. The molecule has 0 spiro atoms. The maximum absolute atomic E-state index is 12.7. The van der Waals surface area contributed by atoms with Gasteiger partial charge in [0.05, 0.1) is 18.9 Å². The van der Waals surface area contributed by atoms with E-state index < -0.39 is 6.04 Å². The van der Waals surface area contributed by atoms with Crippen molar-refractivity contribution in [2.24, 2.45) is 10.9 Å². The van der Waals surface area contributed by atoms with Gasteiger partial charge in [-0.15, -0.1) is 6.58 Å². The van der Waals surface area contributed by atoms with Crippen LogP contribution in [0.3, 0.4) is 0 Å². The second-order valence-corrected chi connectivity index (χ2v) is 6.54. The van der Waals surface area contributed by atoms with Gasteiger partial charge in [-0.3, -0.25) is 4.99 Å². The molecule has 28 heavy (non-hydrogen) atoms. The number of carbonyl (C=O) groups is 1. The first-order valence-corrected chi connectivity index (χ1v) is 9.71. The Kier molecular flexibility index (Phi) is 9.16. The van der Waals surface area contributed by atoms with E-state index in [-0.39, 0.29) is 11.9 Å². The zero-order valence-corrected chi connectivity index (χ0v) is 16.7. The monoisotopic (exact) mass is 379 g/mol. The Morgan fingerprint density at radius 2 is 1.64 bits per heavy atom. The van der Waals surface area contributed by atoms with Gasteiger partial charge in [0.25, 0.3) is 0 Å². The van der Waals surface area contributed by atoms with Crippen molar-refractivity contribution in [2.75, 3.05) is 19.8 Å². The number of hydrogen-bond donors (Lipinski definition) is 0.